The summed E-state index contributed by atoms with van der Waals surface area (Å²) in [4.78, 5) is 53.2. The number of ether oxygens (including phenoxy) is 2. The van der Waals surface area contributed by atoms with Crippen molar-refractivity contribution < 1.29 is 33.5 Å². The number of hydrogen-bond donors (Lipinski definition) is 1. The number of rotatable bonds is 7. The largest absolute Gasteiger partial charge is 0.444 e. The minimum absolute atomic E-state index is 0.0314. The van der Waals surface area contributed by atoms with E-state index < -0.39 is 41.6 Å². The van der Waals surface area contributed by atoms with Gasteiger partial charge in [0.05, 0.1) is 12.7 Å². The number of nitrogens with one attached hydrogen (secondary N) is 1. The fourth-order valence-electron chi connectivity index (χ4n) is 2.51. The second-order valence-electron chi connectivity index (χ2n) is 7.62. The number of imide groups is 1. The van der Waals surface area contributed by atoms with Crippen molar-refractivity contribution in [2.45, 2.75) is 64.9 Å². The van der Waals surface area contributed by atoms with Crippen molar-refractivity contribution in [3.05, 3.63) is 35.9 Å². The second-order valence-corrected chi connectivity index (χ2v) is 7.62. The van der Waals surface area contributed by atoms with Crippen molar-refractivity contribution in [2.24, 2.45) is 0 Å². The molecule has 1 heterocycles. The molecule has 9 heteroatoms. The highest BCUT2D eigenvalue weighted by Crippen LogP contribution is 2.15. The van der Waals surface area contributed by atoms with Crippen LogP contribution in [0, 0.1) is 0 Å². The van der Waals surface area contributed by atoms with Gasteiger partial charge in [-0.05, 0) is 33.3 Å². The maximum Gasteiger partial charge on any atom is 0.408 e. The van der Waals surface area contributed by atoms with E-state index in [1.165, 1.54) is 0 Å². The predicted molar refractivity (Wildman–Crippen MR) is 101 cm³/mol. The highest BCUT2D eigenvalue weighted by Gasteiger charge is 2.38. The third-order valence-corrected chi connectivity index (χ3v) is 3.94. The zero-order chi connectivity index (χ0) is 21.6. The minimum atomic E-state index is -1.30. The van der Waals surface area contributed by atoms with E-state index in [0.717, 1.165) is 5.56 Å². The first-order valence-electron chi connectivity index (χ1n) is 9.29. The Bertz CT molecular complexity index is 742. The zero-order valence-corrected chi connectivity index (χ0v) is 17.0. The highest BCUT2D eigenvalue weighted by molar-refractivity contribution is 6.01. The Hall–Kier alpha value is -2.94. The minimum Gasteiger partial charge on any atom is -0.444 e. The third kappa shape index (κ3) is 6.86. The topological polar surface area (TPSA) is 111 Å². The Balaban J connectivity index is 2.08. The number of carbonyl (C=O) groups excluding carboxylic acids is 4. The molecule has 1 N–H and O–H groups in total. The van der Waals surface area contributed by atoms with Gasteiger partial charge in [-0.3, -0.25) is 9.59 Å². The number of alkyl carbamates (subject to hydrolysis) is 1. The fraction of sp³-hybridized carbons (Fsp3) is 0.500. The molecule has 0 spiro atoms. The van der Waals surface area contributed by atoms with Gasteiger partial charge in [0, 0.05) is 12.8 Å². The van der Waals surface area contributed by atoms with E-state index >= 15 is 0 Å². The van der Waals surface area contributed by atoms with Crippen LogP contribution in [0.15, 0.2) is 30.3 Å². The summed E-state index contributed by atoms with van der Waals surface area (Å²) < 4.78 is 10.9. The lowest BCUT2D eigenvalue weighted by Crippen LogP contribution is -2.52. The van der Waals surface area contributed by atoms with Crippen LogP contribution in [0.25, 0.3) is 0 Å². The quantitative estimate of drug-likeness (QED) is 0.690. The molecule has 1 aromatic rings. The molecule has 9 nitrogen and oxygen atoms in total. The molecule has 0 aliphatic carbocycles. The Morgan fingerprint density at radius 2 is 1.69 bits per heavy atom. The molecule has 0 unspecified atom stereocenters. The van der Waals surface area contributed by atoms with Crippen LogP contribution in [0.2, 0.25) is 0 Å². The van der Waals surface area contributed by atoms with Crippen LogP contribution in [0.3, 0.4) is 0 Å². The molecule has 0 bridgehead atoms. The molecular formula is C20H26N2O7. The van der Waals surface area contributed by atoms with Crippen molar-refractivity contribution in [3.63, 3.8) is 0 Å². The molecule has 29 heavy (non-hydrogen) atoms. The van der Waals surface area contributed by atoms with Gasteiger partial charge in [-0.15, -0.1) is 5.06 Å². The van der Waals surface area contributed by atoms with Crippen LogP contribution in [0.5, 0.6) is 0 Å². The normalized spacial score (nSPS) is 16.3. The van der Waals surface area contributed by atoms with Gasteiger partial charge in [-0.2, -0.15) is 0 Å². The highest BCUT2D eigenvalue weighted by atomic mass is 16.7. The van der Waals surface area contributed by atoms with Gasteiger partial charge in [0.15, 0.2) is 6.04 Å². The van der Waals surface area contributed by atoms with Crippen molar-refractivity contribution in [1.29, 1.82) is 0 Å². The summed E-state index contributed by atoms with van der Waals surface area (Å²) >= 11 is 0. The molecule has 1 fully saturated rings. The monoisotopic (exact) mass is 406 g/mol. The summed E-state index contributed by atoms with van der Waals surface area (Å²) in [6.45, 7) is 6.79. The van der Waals surface area contributed by atoms with Gasteiger partial charge >= 0.3 is 12.1 Å². The van der Waals surface area contributed by atoms with Crippen molar-refractivity contribution >= 4 is 23.9 Å². The molecule has 1 aliphatic heterocycles. The lowest BCUT2D eigenvalue weighted by atomic mass is 10.1. The molecule has 1 aromatic carbocycles. The van der Waals surface area contributed by atoms with Gasteiger partial charge in [0.1, 0.15) is 5.60 Å². The van der Waals surface area contributed by atoms with E-state index in [-0.39, 0.29) is 19.4 Å². The van der Waals surface area contributed by atoms with E-state index in [9.17, 15) is 19.2 Å². The van der Waals surface area contributed by atoms with Gasteiger partial charge in [-0.25, -0.2) is 9.59 Å². The molecule has 2 rings (SSSR count). The van der Waals surface area contributed by atoms with Crippen LogP contribution in [-0.4, -0.2) is 46.7 Å². The molecule has 1 saturated heterocycles. The summed E-state index contributed by atoms with van der Waals surface area (Å²) in [5.74, 6) is -2.23. The SMILES string of the molecule is C[C@@H](OCc1ccccc1)[C@@H](NC(=O)OC(C)(C)C)C(=O)ON1C(=O)CCC1=O. The molecule has 3 amide bonds. The van der Waals surface area contributed by atoms with E-state index in [1.807, 2.05) is 30.3 Å². The molecular weight excluding hydrogens is 380 g/mol. The van der Waals surface area contributed by atoms with Crippen LogP contribution in [-0.2, 0) is 35.3 Å². The fourth-order valence-corrected chi connectivity index (χ4v) is 2.51. The van der Waals surface area contributed by atoms with Crippen molar-refractivity contribution in [1.82, 2.24) is 10.4 Å². The summed E-state index contributed by atoms with van der Waals surface area (Å²) in [6.07, 6.45) is -1.75. The first-order chi connectivity index (χ1) is 13.6. The van der Waals surface area contributed by atoms with Gasteiger partial charge < -0.3 is 19.6 Å². The van der Waals surface area contributed by atoms with Gasteiger partial charge in [0.25, 0.3) is 11.8 Å². The number of hydrogen-bond acceptors (Lipinski definition) is 7. The van der Waals surface area contributed by atoms with Crippen LogP contribution >= 0.6 is 0 Å². The number of nitrogens with zero attached hydrogens (tertiary/aromatic N) is 1. The smallest absolute Gasteiger partial charge is 0.408 e. The second kappa shape index (κ2) is 9.51. The Labute approximate surface area is 169 Å². The summed E-state index contributed by atoms with van der Waals surface area (Å²) in [5.41, 5.74) is 0.0849. The average molecular weight is 406 g/mol. The van der Waals surface area contributed by atoms with Gasteiger partial charge in [-0.1, -0.05) is 30.3 Å². The maximum absolute atomic E-state index is 12.6. The van der Waals surface area contributed by atoms with Crippen LogP contribution in [0.4, 0.5) is 4.79 Å². The average Bonchev–Trinajstić information content (AvgIpc) is 2.95. The van der Waals surface area contributed by atoms with Crippen LogP contribution < -0.4 is 5.32 Å². The van der Waals surface area contributed by atoms with E-state index in [4.69, 9.17) is 14.3 Å². The predicted octanol–water partition coefficient (Wildman–Crippen LogP) is 2.09. The third-order valence-electron chi connectivity index (χ3n) is 3.94. The summed E-state index contributed by atoms with van der Waals surface area (Å²) in [6, 6.07) is 7.96. The first-order valence-corrected chi connectivity index (χ1v) is 9.29. The van der Waals surface area contributed by atoms with Crippen LogP contribution in [0.1, 0.15) is 46.1 Å². The number of carbonyl (C=O) groups is 4. The molecule has 2 atom stereocenters. The summed E-state index contributed by atoms with van der Waals surface area (Å²) in [5, 5.41) is 2.83. The maximum atomic E-state index is 12.6. The van der Waals surface area contributed by atoms with E-state index in [2.05, 4.69) is 5.32 Å². The first kappa shape index (κ1) is 22.4. The molecule has 0 saturated carbocycles. The molecule has 1 aliphatic rings. The number of hydroxylamine groups is 2. The Morgan fingerprint density at radius 1 is 1.10 bits per heavy atom. The van der Waals surface area contributed by atoms with Crippen molar-refractivity contribution in [2.75, 3.05) is 0 Å². The van der Waals surface area contributed by atoms with E-state index in [0.29, 0.717) is 5.06 Å². The Morgan fingerprint density at radius 3 is 2.24 bits per heavy atom. The number of amides is 3. The van der Waals surface area contributed by atoms with E-state index in [1.54, 1.807) is 27.7 Å². The molecule has 158 valence electrons. The molecule has 0 radical (unpaired) electrons. The Kier molecular flexibility index (Phi) is 7.33. The summed E-state index contributed by atoms with van der Waals surface area (Å²) in [7, 11) is 0. The zero-order valence-electron chi connectivity index (χ0n) is 17.0. The standard InChI is InChI=1S/C20H26N2O7/c1-13(27-12-14-8-6-5-7-9-14)17(21-19(26)28-20(2,3)4)18(25)29-22-15(23)10-11-16(22)24/h5-9,13,17H,10-12H2,1-4H3,(H,21,26)/t13-,17-/m1/s1. The van der Waals surface area contributed by atoms with Gasteiger partial charge in [0.2, 0.25) is 0 Å². The lowest BCUT2D eigenvalue weighted by molar-refractivity contribution is -0.201. The lowest BCUT2D eigenvalue weighted by Gasteiger charge is -2.27. The number of benzene rings is 1. The molecule has 0 aromatic heterocycles. The van der Waals surface area contributed by atoms with Crippen molar-refractivity contribution in [3.8, 4) is 0 Å².